The van der Waals surface area contributed by atoms with Crippen LogP contribution in [-0.4, -0.2) is 16.5 Å². The van der Waals surface area contributed by atoms with Gasteiger partial charge in [-0.25, -0.2) is 4.98 Å². The number of pyridine rings is 1. The van der Waals surface area contributed by atoms with Crippen LogP contribution in [0.3, 0.4) is 0 Å². The minimum absolute atomic E-state index is 0.0946. The van der Waals surface area contributed by atoms with Crippen molar-refractivity contribution in [1.29, 1.82) is 0 Å². The Bertz CT molecular complexity index is 557. The number of nitrogens with zero attached hydrogens (tertiary/aromatic N) is 1. The minimum atomic E-state index is 0.0946. The normalized spacial score (nSPS) is 10.3. The summed E-state index contributed by atoms with van der Waals surface area (Å²) >= 11 is 8.15. The molecule has 0 radical (unpaired) electrons. The summed E-state index contributed by atoms with van der Waals surface area (Å²) in [5.74, 6) is 0.481. The molecule has 0 N–H and O–H groups in total. The zero-order valence-electron chi connectivity index (χ0n) is 9.27. The van der Waals surface area contributed by atoms with E-state index in [2.05, 4.69) is 36.8 Å². The molecule has 0 amide bonds. The molecule has 18 heavy (non-hydrogen) atoms. The van der Waals surface area contributed by atoms with Gasteiger partial charge in [0.1, 0.15) is 0 Å². The first-order valence-electron chi connectivity index (χ1n) is 5.19. The lowest BCUT2D eigenvalue weighted by Crippen LogP contribution is -2.03. The number of rotatable bonds is 4. The number of carbonyl (C=O) groups is 1. The molecule has 0 bridgehead atoms. The summed E-state index contributed by atoms with van der Waals surface area (Å²) in [6.07, 6.45) is 1.73. The minimum Gasteiger partial charge on any atom is -0.293 e. The molecule has 1 aromatic heterocycles. The Kier molecular flexibility index (Phi) is 4.97. The first-order chi connectivity index (χ1) is 8.66. The maximum absolute atomic E-state index is 12.0. The fourth-order valence-electron chi connectivity index (χ4n) is 1.35. The van der Waals surface area contributed by atoms with Gasteiger partial charge < -0.3 is 0 Å². The third kappa shape index (κ3) is 3.67. The topological polar surface area (TPSA) is 30.0 Å². The van der Waals surface area contributed by atoms with E-state index in [0.29, 0.717) is 11.3 Å². The van der Waals surface area contributed by atoms with Crippen LogP contribution in [-0.2, 0) is 0 Å². The second kappa shape index (κ2) is 6.50. The van der Waals surface area contributed by atoms with Crippen LogP contribution < -0.4 is 0 Å². The highest BCUT2D eigenvalue weighted by Gasteiger charge is 2.10. The van der Waals surface area contributed by atoms with Crippen LogP contribution >= 0.6 is 43.6 Å². The third-order valence-electron chi connectivity index (χ3n) is 2.23. The maximum atomic E-state index is 12.0. The Morgan fingerprint density at radius 1 is 1.17 bits per heavy atom. The second-order valence-electron chi connectivity index (χ2n) is 3.51. The standard InChI is InChI=1S/C13H9Br2NOS/c14-9-5-6-13(16-7-9)18-8-12(17)10-3-1-2-4-11(10)15/h1-7H,8H2. The van der Waals surface area contributed by atoms with Crippen LogP contribution in [0.1, 0.15) is 10.4 Å². The smallest absolute Gasteiger partial charge is 0.174 e. The lowest BCUT2D eigenvalue weighted by atomic mass is 10.1. The first kappa shape index (κ1) is 13.8. The first-order valence-corrected chi connectivity index (χ1v) is 7.76. The van der Waals surface area contributed by atoms with Gasteiger partial charge in [0, 0.05) is 20.7 Å². The summed E-state index contributed by atoms with van der Waals surface area (Å²) in [6.45, 7) is 0. The number of ketones is 1. The molecule has 0 aliphatic carbocycles. The van der Waals surface area contributed by atoms with E-state index in [1.54, 1.807) is 6.20 Å². The number of benzene rings is 1. The van der Waals surface area contributed by atoms with Crippen molar-refractivity contribution in [1.82, 2.24) is 4.98 Å². The van der Waals surface area contributed by atoms with E-state index in [0.717, 1.165) is 14.0 Å². The van der Waals surface area contributed by atoms with Gasteiger partial charge in [-0.05, 0) is 34.1 Å². The molecule has 0 saturated heterocycles. The summed E-state index contributed by atoms with van der Waals surface area (Å²) in [5.41, 5.74) is 0.710. The average molecular weight is 387 g/mol. The van der Waals surface area contributed by atoms with Crippen molar-refractivity contribution in [2.45, 2.75) is 5.03 Å². The summed E-state index contributed by atoms with van der Waals surface area (Å²) in [4.78, 5) is 16.2. The number of halogens is 2. The average Bonchev–Trinajstić information content (AvgIpc) is 2.38. The summed E-state index contributed by atoms with van der Waals surface area (Å²) < 4.78 is 1.77. The lowest BCUT2D eigenvalue weighted by molar-refractivity contribution is 0.102. The molecule has 0 aliphatic heterocycles. The Hall–Kier alpha value is -0.650. The summed E-state index contributed by atoms with van der Waals surface area (Å²) in [7, 11) is 0. The van der Waals surface area contributed by atoms with Gasteiger partial charge in [0.15, 0.2) is 5.78 Å². The number of carbonyl (C=O) groups excluding carboxylic acids is 1. The van der Waals surface area contributed by atoms with Crippen LogP contribution in [0.25, 0.3) is 0 Å². The predicted molar refractivity (Wildman–Crippen MR) is 81.1 cm³/mol. The van der Waals surface area contributed by atoms with Crippen LogP contribution in [0.5, 0.6) is 0 Å². The van der Waals surface area contributed by atoms with Gasteiger partial charge in [0.25, 0.3) is 0 Å². The number of Topliss-reactive ketones (excluding diaryl/α,β-unsaturated/α-hetero) is 1. The predicted octanol–water partition coefficient (Wildman–Crippen LogP) is 4.58. The van der Waals surface area contributed by atoms with Crippen LogP contribution in [0, 0.1) is 0 Å². The van der Waals surface area contributed by atoms with Gasteiger partial charge >= 0.3 is 0 Å². The summed E-state index contributed by atoms with van der Waals surface area (Å²) in [6, 6.07) is 11.3. The lowest BCUT2D eigenvalue weighted by Gasteiger charge is -2.03. The highest BCUT2D eigenvalue weighted by Crippen LogP contribution is 2.22. The molecule has 5 heteroatoms. The van der Waals surface area contributed by atoms with E-state index in [1.807, 2.05) is 36.4 Å². The van der Waals surface area contributed by atoms with Gasteiger partial charge in [0.2, 0.25) is 0 Å². The van der Waals surface area contributed by atoms with Crippen molar-refractivity contribution < 1.29 is 4.79 Å². The molecule has 1 aromatic carbocycles. The number of hydrogen-bond acceptors (Lipinski definition) is 3. The van der Waals surface area contributed by atoms with E-state index in [1.165, 1.54) is 11.8 Å². The van der Waals surface area contributed by atoms with Crippen molar-refractivity contribution in [3.8, 4) is 0 Å². The van der Waals surface area contributed by atoms with E-state index in [9.17, 15) is 4.79 Å². The molecule has 0 spiro atoms. The molecule has 0 fully saturated rings. The highest BCUT2D eigenvalue weighted by molar-refractivity contribution is 9.10. The van der Waals surface area contributed by atoms with E-state index >= 15 is 0 Å². The van der Waals surface area contributed by atoms with E-state index in [4.69, 9.17) is 0 Å². The van der Waals surface area contributed by atoms with E-state index < -0.39 is 0 Å². The molecule has 0 saturated carbocycles. The monoisotopic (exact) mass is 385 g/mol. The van der Waals surface area contributed by atoms with Gasteiger partial charge in [-0.3, -0.25) is 4.79 Å². The molecule has 0 atom stereocenters. The van der Waals surface area contributed by atoms with Crippen molar-refractivity contribution in [2.24, 2.45) is 0 Å². The SMILES string of the molecule is O=C(CSc1ccc(Br)cn1)c1ccccc1Br. The fraction of sp³-hybridized carbons (Fsp3) is 0.0769. The zero-order chi connectivity index (χ0) is 13.0. The highest BCUT2D eigenvalue weighted by atomic mass is 79.9. The van der Waals surface area contributed by atoms with Gasteiger partial charge in [-0.2, -0.15) is 0 Å². The molecule has 2 nitrogen and oxygen atoms in total. The molecule has 92 valence electrons. The van der Waals surface area contributed by atoms with Crippen LogP contribution in [0.15, 0.2) is 56.6 Å². The molecule has 2 rings (SSSR count). The van der Waals surface area contributed by atoms with E-state index in [-0.39, 0.29) is 5.78 Å². The fourth-order valence-corrected chi connectivity index (χ4v) is 2.82. The summed E-state index contributed by atoms with van der Waals surface area (Å²) in [5, 5.41) is 0.846. The molecule has 0 aliphatic rings. The number of aromatic nitrogens is 1. The molecular formula is C13H9Br2NOS. The molecule has 1 heterocycles. The molecular weight excluding hydrogens is 378 g/mol. The van der Waals surface area contributed by atoms with Gasteiger partial charge in [-0.1, -0.05) is 45.9 Å². The Balaban J connectivity index is 2.01. The largest absolute Gasteiger partial charge is 0.293 e. The van der Waals surface area contributed by atoms with Crippen molar-refractivity contribution in [3.05, 3.63) is 57.1 Å². The van der Waals surface area contributed by atoms with Gasteiger partial charge in [-0.15, -0.1) is 0 Å². The van der Waals surface area contributed by atoms with Crippen LogP contribution in [0.4, 0.5) is 0 Å². The number of thioether (sulfide) groups is 1. The van der Waals surface area contributed by atoms with Gasteiger partial charge in [0.05, 0.1) is 10.8 Å². The van der Waals surface area contributed by atoms with Crippen LogP contribution in [0.2, 0.25) is 0 Å². The zero-order valence-corrected chi connectivity index (χ0v) is 13.3. The third-order valence-corrected chi connectivity index (χ3v) is 4.33. The van der Waals surface area contributed by atoms with Crippen molar-refractivity contribution >= 4 is 49.4 Å². The molecule has 0 unspecified atom stereocenters. The Morgan fingerprint density at radius 3 is 2.61 bits per heavy atom. The van der Waals surface area contributed by atoms with Crippen molar-refractivity contribution in [3.63, 3.8) is 0 Å². The maximum Gasteiger partial charge on any atom is 0.174 e. The Labute approximate surface area is 126 Å². The number of hydrogen-bond donors (Lipinski definition) is 0. The Morgan fingerprint density at radius 2 is 1.94 bits per heavy atom. The van der Waals surface area contributed by atoms with Crippen molar-refractivity contribution in [2.75, 3.05) is 5.75 Å². The molecule has 2 aromatic rings. The second-order valence-corrected chi connectivity index (χ2v) is 6.27. The quantitative estimate of drug-likeness (QED) is 0.568.